The number of nitrogens with one attached hydrogen (secondary N) is 2. The van der Waals surface area contributed by atoms with Gasteiger partial charge in [-0.05, 0) is 48.0 Å². The maximum atomic E-state index is 12.0. The van der Waals surface area contributed by atoms with Crippen molar-refractivity contribution in [3.63, 3.8) is 0 Å². The number of rotatable bonds is 7. The van der Waals surface area contributed by atoms with Crippen molar-refractivity contribution in [3.8, 4) is 11.5 Å². The average molecular weight is 333 g/mol. The molecule has 5 heteroatoms. The van der Waals surface area contributed by atoms with E-state index < -0.39 is 0 Å². The number of pyridine rings is 1. The van der Waals surface area contributed by atoms with Crippen LogP contribution >= 0.6 is 0 Å². The third-order valence-electron chi connectivity index (χ3n) is 3.45. The Labute approximate surface area is 146 Å². The number of hydrogen-bond acceptors (Lipinski definition) is 4. The summed E-state index contributed by atoms with van der Waals surface area (Å²) in [6.45, 7) is 0.836. The van der Waals surface area contributed by atoms with Crippen molar-refractivity contribution in [2.45, 2.75) is 6.54 Å². The Balaban J connectivity index is 1.45. The molecule has 25 heavy (non-hydrogen) atoms. The number of aromatic nitrogens is 1. The highest BCUT2D eigenvalue weighted by Crippen LogP contribution is 2.22. The summed E-state index contributed by atoms with van der Waals surface area (Å²) in [6.07, 6.45) is 3.50. The van der Waals surface area contributed by atoms with Crippen LogP contribution in [-0.2, 0) is 11.3 Å². The van der Waals surface area contributed by atoms with Gasteiger partial charge < -0.3 is 15.4 Å². The molecule has 1 heterocycles. The van der Waals surface area contributed by atoms with E-state index in [4.69, 9.17) is 4.74 Å². The Morgan fingerprint density at radius 1 is 0.920 bits per heavy atom. The molecule has 0 aliphatic rings. The van der Waals surface area contributed by atoms with Gasteiger partial charge in [-0.2, -0.15) is 0 Å². The summed E-state index contributed by atoms with van der Waals surface area (Å²) in [7, 11) is 0. The molecular weight excluding hydrogens is 314 g/mol. The molecule has 3 aromatic rings. The monoisotopic (exact) mass is 333 g/mol. The summed E-state index contributed by atoms with van der Waals surface area (Å²) in [6, 6.07) is 20.7. The SMILES string of the molecule is O=C(CNCc1cccnc1)Nc1ccc(Oc2ccccc2)cc1. The first kappa shape index (κ1) is 16.7. The first-order valence-corrected chi connectivity index (χ1v) is 8.02. The number of carbonyl (C=O) groups excluding carboxylic acids is 1. The second kappa shape index (κ2) is 8.61. The van der Waals surface area contributed by atoms with Crippen molar-refractivity contribution in [2.24, 2.45) is 0 Å². The van der Waals surface area contributed by atoms with Gasteiger partial charge in [0.05, 0.1) is 6.54 Å². The standard InChI is InChI=1S/C20H19N3O2/c24-20(15-22-14-16-5-4-12-21-13-16)23-17-8-10-19(11-9-17)25-18-6-2-1-3-7-18/h1-13,22H,14-15H2,(H,23,24). The predicted octanol–water partition coefficient (Wildman–Crippen LogP) is 3.60. The van der Waals surface area contributed by atoms with Gasteiger partial charge in [0, 0.05) is 24.6 Å². The molecule has 0 radical (unpaired) electrons. The summed E-state index contributed by atoms with van der Waals surface area (Å²) >= 11 is 0. The van der Waals surface area contributed by atoms with E-state index in [0.717, 1.165) is 22.7 Å². The second-order valence-corrected chi connectivity index (χ2v) is 5.45. The lowest BCUT2D eigenvalue weighted by atomic mass is 10.3. The Kier molecular flexibility index (Phi) is 5.74. The lowest BCUT2D eigenvalue weighted by molar-refractivity contribution is -0.115. The zero-order chi connectivity index (χ0) is 17.3. The van der Waals surface area contributed by atoms with Crippen LogP contribution in [0.15, 0.2) is 79.1 Å². The molecule has 0 aliphatic carbocycles. The summed E-state index contributed by atoms with van der Waals surface area (Å²) in [5.74, 6) is 1.40. The molecule has 0 bridgehead atoms. The highest BCUT2D eigenvalue weighted by Gasteiger charge is 2.03. The van der Waals surface area contributed by atoms with Crippen molar-refractivity contribution in [2.75, 3.05) is 11.9 Å². The lowest BCUT2D eigenvalue weighted by Gasteiger charge is -2.09. The van der Waals surface area contributed by atoms with Gasteiger partial charge in [0.25, 0.3) is 0 Å². The van der Waals surface area contributed by atoms with E-state index in [0.29, 0.717) is 6.54 Å². The van der Waals surface area contributed by atoms with Crippen LogP contribution in [0.1, 0.15) is 5.56 Å². The van der Waals surface area contributed by atoms with E-state index in [1.165, 1.54) is 0 Å². The van der Waals surface area contributed by atoms with Crippen LogP contribution in [0.3, 0.4) is 0 Å². The minimum absolute atomic E-state index is 0.0966. The van der Waals surface area contributed by atoms with E-state index in [1.807, 2.05) is 66.7 Å². The lowest BCUT2D eigenvalue weighted by Crippen LogP contribution is -2.27. The molecular formula is C20H19N3O2. The van der Waals surface area contributed by atoms with Gasteiger partial charge >= 0.3 is 0 Å². The van der Waals surface area contributed by atoms with Gasteiger partial charge in [-0.15, -0.1) is 0 Å². The molecule has 0 unspecified atom stereocenters. The van der Waals surface area contributed by atoms with Gasteiger partial charge in [-0.3, -0.25) is 9.78 Å². The molecule has 0 atom stereocenters. The smallest absolute Gasteiger partial charge is 0.238 e. The fourth-order valence-corrected chi connectivity index (χ4v) is 2.26. The van der Waals surface area contributed by atoms with Crippen LogP contribution in [0.25, 0.3) is 0 Å². The Bertz CT molecular complexity index is 790. The number of amides is 1. The van der Waals surface area contributed by atoms with Gasteiger partial charge in [0.1, 0.15) is 11.5 Å². The first-order valence-electron chi connectivity index (χ1n) is 8.02. The Hall–Kier alpha value is -3.18. The normalized spacial score (nSPS) is 10.2. The van der Waals surface area contributed by atoms with Crippen molar-refractivity contribution in [1.82, 2.24) is 10.3 Å². The molecule has 2 aromatic carbocycles. The molecule has 0 saturated heterocycles. The predicted molar refractivity (Wildman–Crippen MR) is 97.5 cm³/mol. The van der Waals surface area contributed by atoms with Crippen molar-refractivity contribution in [1.29, 1.82) is 0 Å². The topological polar surface area (TPSA) is 63.2 Å². The molecule has 5 nitrogen and oxygen atoms in total. The second-order valence-electron chi connectivity index (χ2n) is 5.45. The van der Waals surface area contributed by atoms with Gasteiger partial charge in [-0.1, -0.05) is 24.3 Å². The zero-order valence-corrected chi connectivity index (χ0v) is 13.7. The number of para-hydroxylation sites is 1. The van der Waals surface area contributed by atoms with Crippen LogP contribution in [0, 0.1) is 0 Å². The molecule has 126 valence electrons. The number of nitrogens with zero attached hydrogens (tertiary/aromatic N) is 1. The molecule has 1 aromatic heterocycles. The van der Waals surface area contributed by atoms with Crippen LogP contribution in [-0.4, -0.2) is 17.4 Å². The van der Waals surface area contributed by atoms with Crippen LogP contribution in [0.5, 0.6) is 11.5 Å². The molecule has 3 rings (SSSR count). The van der Waals surface area contributed by atoms with Gasteiger partial charge in [0.2, 0.25) is 5.91 Å². The third kappa shape index (κ3) is 5.44. The van der Waals surface area contributed by atoms with Crippen molar-refractivity contribution < 1.29 is 9.53 Å². The summed E-state index contributed by atoms with van der Waals surface area (Å²) in [4.78, 5) is 16.0. The third-order valence-corrected chi connectivity index (χ3v) is 3.45. The quantitative estimate of drug-likeness (QED) is 0.693. The maximum absolute atomic E-state index is 12.0. The fourth-order valence-electron chi connectivity index (χ4n) is 2.26. The molecule has 0 saturated carbocycles. The Morgan fingerprint density at radius 2 is 1.68 bits per heavy atom. The van der Waals surface area contributed by atoms with E-state index in [2.05, 4.69) is 15.6 Å². The first-order chi connectivity index (χ1) is 12.3. The number of benzene rings is 2. The molecule has 2 N–H and O–H groups in total. The minimum atomic E-state index is -0.0966. The van der Waals surface area contributed by atoms with Crippen molar-refractivity contribution in [3.05, 3.63) is 84.7 Å². The molecule has 1 amide bonds. The van der Waals surface area contributed by atoms with Crippen LogP contribution in [0.4, 0.5) is 5.69 Å². The largest absolute Gasteiger partial charge is 0.457 e. The molecule has 0 spiro atoms. The number of carbonyl (C=O) groups is 1. The highest BCUT2D eigenvalue weighted by atomic mass is 16.5. The minimum Gasteiger partial charge on any atom is -0.457 e. The average Bonchev–Trinajstić information content (AvgIpc) is 2.65. The van der Waals surface area contributed by atoms with Gasteiger partial charge in [-0.25, -0.2) is 0 Å². The van der Waals surface area contributed by atoms with Crippen LogP contribution < -0.4 is 15.4 Å². The fraction of sp³-hybridized carbons (Fsp3) is 0.100. The van der Waals surface area contributed by atoms with Crippen molar-refractivity contribution >= 4 is 11.6 Å². The number of hydrogen-bond donors (Lipinski definition) is 2. The van der Waals surface area contributed by atoms with E-state index in [-0.39, 0.29) is 12.5 Å². The summed E-state index contributed by atoms with van der Waals surface area (Å²) < 4.78 is 5.72. The van der Waals surface area contributed by atoms with Crippen LogP contribution in [0.2, 0.25) is 0 Å². The van der Waals surface area contributed by atoms with E-state index >= 15 is 0 Å². The zero-order valence-electron chi connectivity index (χ0n) is 13.7. The maximum Gasteiger partial charge on any atom is 0.238 e. The summed E-state index contributed by atoms with van der Waals surface area (Å²) in [5.41, 5.74) is 1.77. The number of anilines is 1. The summed E-state index contributed by atoms with van der Waals surface area (Å²) in [5, 5.41) is 5.94. The van der Waals surface area contributed by atoms with E-state index in [9.17, 15) is 4.79 Å². The van der Waals surface area contributed by atoms with E-state index in [1.54, 1.807) is 12.4 Å². The Morgan fingerprint density at radius 3 is 2.40 bits per heavy atom. The molecule has 0 fully saturated rings. The highest BCUT2D eigenvalue weighted by molar-refractivity contribution is 5.92. The van der Waals surface area contributed by atoms with Gasteiger partial charge in [0.15, 0.2) is 0 Å². The number of ether oxygens (including phenoxy) is 1. The molecule has 0 aliphatic heterocycles.